The number of allylic oxidation sites excluding steroid dienone is 19. The summed E-state index contributed by atoms with van der Waals surface area (Å²) >= 11 is 0. The summed E-state index contributed by atoms with van der Waals surface area (Å²) in [7, 11) is 0. The van der Waals surface area contributed by atoms with E-state index < -0.39 is 124 Å². The quantitative estimate of drug-likeness (QED) is 0.0199. The Morgan fingerprint density at radius 1 is 0.336 bits per heavy atom. The lowest BCUT2D eigenvalue weighted by molar-refractivity contribution is -0.379. The van der Waals surface area contributed by atoms with Gasteiger partial charge in [0, 0.05) is 6.42 Å². The fourth-order valence-electron chi connectivity index (χ4n) is 14.1. The minimum absolute atomic E-state index is 0.213. The Balaban J connectivity index is 1.37. The molecule has 0 aromatic heterocycles. The number of amides is 1. The standard InChI is InChI=1S/C91H157NO18/c1-3-5-7-9-11-13-15-17-19-21-23-25-27-29-31-33-35-37-39-41-43-45-47-49-51-53-55-57-59-61-63-65-67-69-79(97)92-74(75(96)68-66-64-62-60-58-56-54-52-50-48-46-44-42-40-38-36-34-32-30-28-26-24-22-20-18-16-14-12-10-8-6-4-2)73-105-89-85(103)82(100)87(77(71-94)107-89)110-91-86(104)83(101)88(78(72-95)108-91)109-90-84(102)81(99)80(98)76(70-93)106-90/h5,7,11,13,17,19,23,25,29,31,35,37,41,43,47,49,53,55,66,68,74-78,80-91,93-96,98-104H,3-4,6,8-10,12,14-16,18,20-22,24,26-28,30,32-34,36,38-40,42,44-46,48,50-52,54,56-65,67,69-73H2,1-2H3,(H,92,97)/b7-5-,13-11-,19-17-,25-23-,31-29-,37-35-,43-41-,49-47-,55-53-,68-66+. The van der Waals surface area contributed by atoms with Gasteiger partial charge in [-0.15, -0.1) is 0 Å². The third-order valence-electron chi connectivity index (χ3n) is 21.0. The molecule has 0 spiro atoms. The lowest BCUT2D eigenvalue weighted by atomic mass is 9.96. The van der Waals surface area contributed by atoms with E-state index in [4.69, 9.17) is 28.4 Å². The molecule has 3 fully saturated rings. The molecule has 0 aromatic rings. The molecule has 0 aromatic carbocycles. The third-order valence-corrected chi connectivity index (χ3v) is 21.0. The van der Waals surface area contributed by atoms with Gasteiger partial charge in [-0.2, -0.15) is 0 Å². The van der Waals surface area contributed by atoms with Gasteiger partial charge in [-0.3, -0.25) is 4.79 Å². The number of carbonyl (C=O) groups is 1. The largest absolute Gasteiger partial charge is 0.394 e. The van der Waals surface area contributed by atoms with Gasteiger partial charge in [-0.05, 0) is 89.9 Å². The number of nitrogens with one attached hydrogen (secondary N) is 1. The van der Waals surface area contributed by atoms with E-state index in [-0.39, 0.29) is 18.9 Å². The van der Waals surface area contributed by atoms with Gasteiger partial charge in [0.05, 0.1) is 38.6 Å². The van der Waals surface area contributed by atoms with E-state index in [1.807, 2.05) is 6.08 Å². The van der Waals surface area contributed by atoms with Crippen LogP contribution in [0.25, 0.3) is 0 Å². The van der Waals surface area contributed by atoms with Gasteiger partial charge in [0.2, 0.25) is 5.91 Å². The summed E-state index contributed by atoms with van der Waals surface area (Å²) in [6.45, 7) is 1.63. The Morgan fingerprint density at radius 3 is 0.982 bits per heavy atom. The van der Waals surface area contributed by atoms with Crippen LogP contribution in [0.4, 0.5) is 0 Å². The number of ether oxygens (including phenoxy) is 6. The zero-order chi connectivity index (χ0) is 79.5. The van der Waals surface area contributed by atoms with Crippen molar-refractivity contribution in [3.8, 4) is 0 Å². The second-order valence-corrected chi connectivity index (χ2v) is 30.6. The molecule has 0 aliphatic carbocycles. The molecule has 19 nitrogen and oxygen atoms in total. The average molecular weight is 1550 g/mol. The molecule has 0 radical (unpaired) electrons. The summed E-state index contributed by atoms with van der Waals surface area (Å²) < 4.78 is 34.5. The topological polar surface area (TPSA) is 307 Å². The number of aliphatic hydroxyl groups is 11. The number of unbranched alkanes of at least 4 members (excludes halogenated alkanes) is 35. The van der Waals surface area contributed by atoms with E-state index in [9.17, 15) is 61.0 Å². The van der Waals surface area contributed by atoms with Crippen molar-refractivity contribution >= 4 is 5.91 Å². The molecule has 17 atom stereocenters. The number of rotatable bonds is 69. The smallest absolute Gasteiger partial charge is 0.220 e. The number of aliphatic hydroxyl groups excluding tert-OH is 11. The molecule has 19 heteroatoms. The second-order valence-electron chi connectivity index (χ2n) is 30.6. The molecule has 3 aliphatic rings. The van der Waals surface area contributed by atoms with E-state index >= 15 is 0 Å². The Morgan fingerprint density at radius 2 is 0.627 bits per heavy atom. The predicted molar refractivity (Wildman–Crippen MR) is 443 cm³/mol. The van der Waals surface area contributed by atoms with E-state index in [1.165, 1.54) is 173 Å². The highest BCUT2D eigenvalue weighted by Gasteiger charge is 2.54. The molecule has 3 heterocycles. The summed E-state index contributed by atoms with van der Waals surface area (Å²) in [5, 5.41) is 121. The third kappa shape index (κ3) is 47.9. The molecule has 1 amide bonds. The van der Waals surface area contributed by atoms with Crippen LogP contribution in [0, 0.1) is 0 Å². The van der Waals surface area contributed by atoms with Gasteiger partial charge >= 0.3 is 0 Å². The number of hydrogen-bond acceptors (Lipinski definition) is 18. The van der Waals surface area contributed by atoms with Crippen molar-refractivity contribution in [3.63, 3.8) is 0 Å². The van der Waals surface area contributed by atoms with Crippen LogP contribution in [0.2, 0.25) is 0 Å². The van der Waals surface area contributed by atoms with E-state index in [0.717, 1.165) is 116 Å². The zero-order valence-electron chi connectivity index (χ0n) is 68.2. The highest BCUT2D eigenvalue weighted by molar-refractivity contribution is 5.76. The SMILES string of the molecule is CC/C=C\C/C=C\C/C=C\C/C=C\C/C=C\C/C=C\C/C=C\C/C=C\C/C=C\CCCCCCCC(=O)NC(COC1OC(CO)C(OC2OC(CO)C(OC3OC(CO)C(O)C(O)C3O)C(O)C2O)C(O)C1O)C(O)/C=C/CCCCCCCCCCCCCCCCCCCCCCCCCCCCCCCC. The Hall–Kier alpha value is -3.81. The van der Waals surface area contributed by atoms with Crippen LogP contribution in [0.15, 0.2) is 122 Å². The van der Waals surface area contributed by atoms with Gasteiger partial charge in [0.15, 0.2) is 18.9 Å². The maximum atomic E-state index is 13.5. The van der Waals surface area contributed by atoms with Crippen molar-refractivity contribution in [3.05, 3.63) is 122 Å². The minimum Gasteiger partial charge on any atom is -0.394 e. The van der Waals surface area contributed by atoms with Crippen LogP contribution in [-0.4, -0.2) is 193 Å². The molecule has 17 unspecified atom stereocenters. The second kappa shape index (κ2) is 69.5. The van der Waals surface area contributed by atoms with Crippen molar-refractivity contribution in [2.75, 3.05) is 26.4 Å². The van der Waals surface area contributed by atoms with Crippen molar-refractivity contribution in [2.24, 2.45) is 0 Å². The Labute approximate surface area is 665 Å². The van der Waals surface area contributed by atoms with Gasteiger partial charge in [-0.1, -0.05) is 341 Å². The van der Waals surface area contributed by atoms with Gasteiger partial charge in [-0.25, -0.2) is 0 Å². The molecule has 3 rings (SSSR count). The van der Waals surface area contributed by atoms with Crippen molar-refractivity contribution < 1.29 is 89.4 Å². The molecule has 3 aliphatic heterocycles. The maximum Gasteiger partial charge on any atom is 0.220 e. The van der Waals surface area contributed by atoms with Crippen LogP contribution in [0.3, 0.4) is 0 Å². The van der Waals surface area contributed by atoms with Crippen LogP contribution in [0.1, 0.15) is 316 Å². The fraction of sp³-hybridized carbons (Fsp3) is 0.769. The van der Waals surface area contributed by atoms with E-state index in [2.05, 4.69) is 129 Å². The fourth-order valence-corrected chi connectivity index (χ4v) is 14.1. The number of hydrogen-bond donors (Lipinski definition) is 12. The first kappa shape index (κ1) is 100. The van der Waals surface area contributed by atoms with Crippen LogP contribution >= 0.6 is 0 Å². The monoisotopic (exact) mass is 1550 g/mol. The lowest BCUT2D eigenvalue weighted by Gasteiger charge is -2.48. The summed E-state index contributed by atoms with van der Waals surface area (Å²) in [5.74, 6) is -0.296. The van der Waals surface area contributed by atoms with Crippen molar-refractivity contribution in [2.45, 2.75) is 420 Å². The predicted octanol–water partition coefficient (Wildman–Crippen LogP) is 16.2. The molecular formula is C91H157NO18. The van der Waals surface area contributed by atoms with E-state index in [1.54, 1.807) is 6.08 Å². The molecule has 0 saturated carbocycles. The Kier molecular flexibility index (Phi) is 63.4. The van der Waals surface area contributed by atoms with Crippen molar-refractivity contribution in [1.29, 1.82) is 0 Å². The summed E-state index contributed by atoms with van der Waals surface area (Å²) in [4.78, 5) is 13.5. The first-order valence-electron chi connectivity index (χ1n) is 43.8. The average Bonchev–Trinajstić information content (AvgIpc) is 0.780. The molecule has 110 heavy (non-hydrogen) atoms. The minimum atomic E-state index is -1.99. The van der Waals surface area contributed by atoms with Gasteiger partial charge in [0.25, 0.3) is 0 Å². The summed E-state index contributed by atoms with van der Waals surface area (Å²) in [5.41, 5.74) is 0. The van der Waals surface area contributed by atoms with Crippen LogP contribution < -0.4 is 5.32 Å². The molecular weight excluding hydrogens is 1390 g/mol. The zero-order valence-corrected chi connectivity index (χ0v) is 68.2. The van der Waals surface area contributed by atoms with Crippen molar-refractivity contribution in [1.82, 2.24) is 5.32 Å². The number of carbonyl (C=O) groups excluding carboxylic acids is 1. The maximum absolute atomic E-state index is 13.5. The lowest BCUT2D eigenvalue weighted by Crippen LogP contribution is -2.66. The van der Waals surface area contributed by atoms with Gasteiger partial charge < -0.3 is 89.9 Å². The van der Waals surface area contributed by atoms with Crippen LogP contribution in [0.5, 0.6) is 0 Å². The first-order valence-corrected chi connectivity index (χ1v) is 43.8. The van der Waals surface area contributed by atoms with Gasteiger partial charge in [0.1, 0.15) is 73.2 Å². The highest BCUT2D eigenvalue weighted by atomic mass is 16.8. The highest BCUT2D eigenvalue weighted by Crippen LogP contribution is 2.33. The normalized spacial score (nSPS) is 25.8. The molecule has 634 valence electrons. The summed E-state index contributed by atoms with van der Waals surface area (Å²) in [6, 6.07) is -0.996. The molecule has 12 N–H and O–H groups in total. The van der Waals surface area contributed by atoms with Crippen LogP contribution in [-0.2, 0) is 33.2 Å². The van der Waals surface area contributed by atoms with E-state index in [0.29, 0.717) is 6.42 Å². The molecule has 0 bridgehead atoms. The Bertz CT molecular complexity index is 2460. The summed E-state index contributed by atoms with van der Waals surface area (Å²) in [6.07, 6.45) is 71.9. The molecule has 3 saturated heterocycles. The first-order chi connectivity index (χ1) is 53.8.